The summed E-state index contributed by atoms with van der Waals surface area (Å²) in [5, 5.41) is 2.24. The molecule has 1 aliphatic heterocycles. The van der Waals surface area contributed by atoms with Crippen LogP contribution in [0.5, 0.6) is 5.75 Å². The molecule has 0 saturated heterocycles. The SMILES string of the molecule is CC[C@H]1c2ccsc2CCN1Cc1ccc(OCCOC)cc1. The van der Waals surface area contributed by atoms with Crippen molar-refractivity contribution in [3.8, 4) is 5.75 Å². The molecule has 2 heterocycles. The molecule has 0 saturated carbocycles. The van der Waals surface area contributed by atoms with E-state index in [4.69, 9.17) is 9.47 Å². The lowest BCUT2D eigenvalue weighted by molar-refractivity contribution is 0.146. The summed E-state index contributed by atoms with van der Waals surface area (Å²) in [6, 6.07) is 11.4. The minimum atomic E-state index is 0.558. The average molecular weight is 331 g/mol. The Kier molecular flexibility index (Phi) is 5.70. The number of rotatable bonds is 7. The highest BCUT2D eigenvalue weighted by Crippen LogP contribution is 2.36. The Hall–Kier alpha value is -1.36. The van der Waals surface area contributed by atoms with Gasteiger partial charge >= 0.3 is 0 Å². The zero-order chi connectivity index (χ0) is 16.1. The van der Waals surface area contributed by atoms with E-state index in [9.17, 15) is 0 Å². The lowest BCUT2D eigenvalue weighted by Gasteiger charge is -2.35. The average Bonchev–Trinajstić information content (AvgIpc) is 3.05. The first-order valence-corrected chi connectivity index (χ1v) is 9.20. The second kappa shape index (κ2) is 7.95. The maximum atomic E-state index is 5.63. The van der Waals surface area contributed by atoms with Crippen LogP contribution in [0.3, 0.4) is 0 Å². The molecule has 0 aliphatic carbocycles. The van der Waals surface area contributed by atoms with E-state index in [0.717, 1.165) is 18.8 Å². The van der Waals surface area contributed by atoms with E-state index in [2.05, 4.69) is 47.5 Å². The van der Waals surface area contributed by atoms with Crippen molar-refractivity contribution in [3.63, 3.8) is 0 Å². The van der Waals surface area contributed by atoms with Crippen molar-refractivity contribution >= 4 is 11.3 Å². The highest BCUT2D eigenvalue weighted by molar-refractivity contribution is 7.10. The van der Waals surface area contributed by atoms with Gasteiger partial charge in [-0.1, -0.05) is 19.1 Å². The number of methoxy groups -OCH3 is 1. The van der Waals surface area contributed by atoms with Gasteiger partial charge in [0, 0.05) is 31.1 Å². The second-order valence-corrected chi connectivity index (χ2v) is 6.93. The highest BCUT2D eigenvalue weighted by atomic mass is 32.1. The number of hydrogen-bond donors (Lipinski definition) is 0. The molecular weight excluding hydrogens is 306 g/mol. The largest absolute Gasteiger partial charge is 0.491 e. The van der Waals surface area contributed by atoms with Gasteiger partial charge in [0.1, 0.15) is 12.4 Å². The fourth-order valence-corrected chi connectivity index (χ4v) is 4.21. The molecular formula is C19H25NO2S. The molecule has 0 fully saturated rings. The van der Waals surface area contributed by atoms with E-state index < -0.39 is 0 Å². The van der Waals surface area contributed by atoms with Gasteiger partial charge in [-0.05, 0) is 47.5 Å². The van der Waals surface area contributed by atoms with Crippen molar-refractivity contribution in [1.29, 1.82) is 0 Å². The van der Waals surface area contributed by atoms with Gasteiger partial charge in [0.15, 0.2) is 0 Å². The van der Waals surface area contributed by atoms with Crippen molar-refractivity contribution in [2.45, 2.75) is 32.4 Å². The summed E-state index contributed by atoms with van der Waals surface area (Å²) < 4.78 is 10.6. The molecule has 0 unspecified atom stereocenters. The first-order chi connectivity index (χ1) is 11.3. The van der Waals surface area contributed by atoms with E-state index in [-0.39, 0.29) is 0 Å². The zero-order valence-electron chi connectivity index (χ0n) is 14.0. The predicted molar refractivity (Wildman–Crippen MR) is 95.3 cm³/mol. The molecule has 1 aliphatic rings. The summed E-state index contributed by atoms with van der Waals surface area (Å²) in [7, 11) is 1.69. The highest BCUT2D eigenvalue weighted by Gasteiger charge is 2.26. The summed E-state index contributed by atoms with van der Waals surface area (Å²) in [5.41, 5.74) is 2.89. The molecule has 4 heteroatoms. The van der Waals surface area contributed by atoms with Crippen LogP contribution in [0.2, 0.25) is 0 Å². The Bertz CT molecular complexity index is 608. The number of thiophene rings is 1. The third-order valence-electron chi connectivity index (χ3n) is 4.46. The molecule has 23 heavy (non-hydrogen) atoms. The molecule has 2 aromatic rings. The number of benzene rings is 1. The molecule has 124 valence electrons. The van der Waals surface area contributed by atoms with Crippen LogP contribution in [0.25, 0.3) is 0 Å². The quantitative estimate of drug-likeness (QED) is 0.707. The molecule has 0 radical (unpaired) electrons. The molecule has 0 N–H and O–H groups in total. The Labute approximate surface area is 142 Å². The minimum absolute atomic E-state index is 0.558. The van der Waals surface area contributed by atoms with Crippen molar-refractivity contribution in [2.24, 2.45) is 0 Å². The molecule has 3 rings (SSSR count). The normalized spacial score (nSPS) is 17.9. The van der Waals surface area contributed by atoms with Crippen molar-refractivity contribution < 1.29 is 9.47 Å². The van der Waals surface area contributed by atoms with Crippen LogP contribution in [0.4, 0.5) is 0 Å². The van der Waals surface area contributed by atoms with Gasteiger partial charge in [-0.25, -0.2) is 0 Å². The van der Waals surface area contributed by atoms with Crippen molar-refractivity contribution in [2.75, 3.05) is 26.9 Å². The minimum Gasteiger partial charge on any atom is -0.491 e. The van der Waals surface area contributed by atoms with Gasteiger partial charge in [0.25, 0.3) is 0 Å². The van der Waals surface area contributed by atoms with Crippen LogP contribution >= 0.6 is 11.3 Å². The Balaban J connectivity index is 1.63. The predicted octanol–water partition coefficient (Wildman–Crippen LogP) is 4.28. The molecule has 0 bridgehead atoms. The third-order valence-corrected chi connectivity index (χ3v) is 5.45. The third kappa shape index (κ3) is 3.94. The fraction of sp³-hybridized carbons (Fsp3) is 0.474. The number of hydrogen-bond acceptors (Lipinski definition) is 4. The topological polar surface area (TPSA) is 21.7 Å². The summed E-state index contributed by atoms with van der Waals surface area (Å²) >= 11 is 1.91. The van der Waals surface area contributed by atoms with Crippen LogP contribution < -0.4 is 4.74 Å². The van der Waals surface area contributed by atoms with E-state index in [1.807, 2.05) is 11.3 Å². The maximum absolute atomic E-state index is 5.63. The van der Waals surface area contributed by atoms with Crippen LogP contribution in [0, 0.1) is 0 Å². The van der Waals surface area contributed by atoms with Gasteiger partial charge < -0.3 is 9.47 Å². The van der Waals surface area contributed by atoms with Gasteiger partial charge in [-0.3, -0.25) is 4.90 Å². The summed E-state index contributed by atoms with van der Waals surface area (Å²) in [6.07, 6.45) is 2.35. The molecule has 0 spiro atoms. The zero-order valence-corrected chi connectivity index (χ0v) is 14.8. The molecule has 0 amide bonds. The second-order valence-electron chi connectivity index (χ2n) is 5.93. The van der Waals surface area contributed by atoms with E-state index in [1.165, 1.54) is 18.4 Å². The van der Waals surface area contributed by atoms with Crippen molar-refractivity contribution in [1.82, 2.24) is 4.90 Å². The summed E-state index contributed by atoms with van der Waals surface area (Å²) in [6.45, 7) is 5.67. The first-order valence-electron chi connectivity index (χ1n) is 8.32. The Morgan fingerprint density at radius 3 is 2.74 bits per heavy atom. The lowest BCUT2D eigenvalue weighted by Crippen LogP contribution is -2.33. The number of nitrogens with zero attached hydrogens (tertiary/aromatic N) is 1. The van der Waals surface area contributed by atoms with Gasteiger partial charge in [0.2, 0.25) is 0 Å². The lowest BCUT2D eigenvalue weighted by atomic mass is 9.97. The number of fused-ring (bicyclic) bond motifs is 1. The number of ether oxygens (including phenoxy) is 2. The van der Waals surface area contributed by atoms with E-state index in [1.54, 1.807) is 17.6 Å². The molecule has 1 aromatic heterocycles. The maximum Gasteiger partial charge on any atom is 0.119 e. The molecule has 1 atom stereocenters. The summed E-state index contributed by atoms with van der Waals surface area (Å²) in [5.74, 6) is 0.914. The van der Waals surface area contributed by atoms with E-state index in [0.29, 0.717) is 19.3 Å². The van der Waals surface area contributed by atoms with E-state index >= 15 is 0 Å². The van der Waals surface area contributed by atoms with Crippen LogP contribution in [0.1, 0.15) is 35.4 Å². The standard InChI is InChI=1S/C19H25NO2S/c1-3-18-17-9-13-23-19(17)8-10-20(18)14-15-4-6-16(7-5-15)22-12-11-21-2/h4-7,9,13,18H,3,8,10-12,14H2,1-2H3/t18-/m0/s1. The van der Waals surface area contributed by atoms with Gasteiger partial charge in [-0.2, -0.15) is 0 Å². The Morgan fingerprint density at radius 2 is 2.00 bits per heavy atom. The van der Waals surface area contributed by atoms with Crippen LogP contribution in [0.15, 0.2) is 35.7 Å². The van der Waals surface area contributed by atoms with Crippen LogP contribution in [-0.2, 0) is 17.7 Å². The van der Waals surface area contributed by atoms with Crippen molar-refractivity contribution in [3.05, 3.63) is 51.7 Å². The molecule has 3 nitrogen and oxygen atoms in total. The monoisotopic (exact) mass is 331 g/mol. The smallest absolute Gasteiger partial charge is 0.119 e. The Morgan fingerprint density at radius 1 is 1.17 bits per heavy atom. The van der Waals surface area contributed by atoms with Gasteiger partial charge in [-0.15, -0.1) is 11.3 Å². The van der Waals surface area contributed by atoms with Gasteiger partial charge in [0.05, 0.1) is 6.61 Å². The van der Waals surface area contributed by atoms with Crippen LogP contribution in [-0.4, -0.2) is 31.8 Å². The summed E-state index contributed by atoms with van der Waals surface area (Å²) in [4.78, 5) is 4.19. The first kappa shape index (κ1) is 16.5. The molecule has 1 aromatic carbocycles. The fourth-order valence-electron chi connectivity index (χ4n) is 3.28.